The zero-order valence-corrected chi connectivity index (χ0v) is 9.55. The summed E-state index contributed by atoms with van der Waals surface area (Å²) < 4.78 is 31.6. The highest BCUT2D eigenvalue weighted by Crippen LogP contribution is 2.26. The lowest BCUT2D eigenvalue weighted by Crippen LogP contribution is -1.90. The number of halogens is 3. The Kier molecular flexibility index (Phi) is 3.59. The summed E-state index contributed by atoms with van der Waals surface area (Å²) >= 11 is 5.64. The third-order valence-electron chi connectivity index (χ3n) is 2.17. The highest BCUT2D eigenvalue weighted by Gasteiger charge is 2.06. The SMILES string of the molecule is Fc1cccc(Oc2cc(CCl)ccc2F)c1. The van der Waals surface area contributed by atoms with Gasteiger partial charge in [0.05, 0.1) is 0 Å². The van der Waals surface area contributed by atoms with E-state index in [9.17, 15) is 8.78 Å². The van der Waals surface area contributed by atoms with Crippen LogP contribution in [-0.4, -0.2) is 0 Å². The molecule has 0 heterocycles. The van der Waals surface area contributed by atoms with Crippen molar-refractivity contribution in [2.45, 2.75) is 5.88 Å². The van der Waals surface area contributed by atoms with Crippen LogP contribution in [0, 0.1) is 11.6 Å². The molecule has 0 saturated heterocycles. The van der Waals surface area contributed by atoms with Gasteiger partial charge in [0.2, 0.25) is 0 Å². The first-order valence-electron chi connectivity index (χ1n) is 4.97. The molecular weight excluding hydrogens is 246 g/mol. The fourth-order valence-electron chi connectivity index (χ4n) is 1.37. The summed E-state index contributed by atoms with van der Waals surface area (Å²) in [6.45, 7) is 0. The normalized spacial score (nSPS) is 10.3. The molecule has 0 aliphatic carbocycles. The summed E-state index contributed by atoms with van der Waals surface area (Å²) in [4.78, 5) is 0. The van der Waals surface area contributed by atoms with Gasteiger partial charge in [0.25, 0.3) is 0 Å². The van der Waals surface area contributed by atoms with Gasteiger partial charge in [-0.05, 0) is 29.8 Å². The van der Waals surface area contributed by atoms with Crippen LogP contribution in [0.1, 0.15) is 5.56 Å². The predicted molar refractivity (Wildman–Crippen MR) is 62.4 cm³/mol. The van der Waals surface area contributed by atoms with Crippen molar-refractivity contribution in [1.29, 1.82) is 0 Å². The molecule has 0 unspecified atom stereocenters. The van der Waals surface area contributed by atoms with E-state index in [1.165, 1.54) is 30.3 Å². The smallest absolute Gasteiger partial charge is 0.165 e. The van der Waals surface area contributed by atoms with E-state index in [0.29, 0.717) is 0 Å². The van der Waals surface area contributed by atoms with E-state index >= 15 is 0 Å². The Morgan fingerprint density at radius 1 is 1.06 bits per heavy atom. The number of benzene rings is 2. The molecule has 4 heteroatoms. The molecule has 0 atom stereocenters. The molecule has 2 rings (SSSR count). The van der Waals surface area contributed by atoms with Gasteiger partial charge in [0, 0.05) is 11.9 Å². The number of alkyl halides is 1. The summed E-state index contributed by atoms with van der Waals surface area (Å²) in [6.07, 6.45) is 0. The van der Waals surface area contributed by atoms with Crippen LogP contribution in [0.5, 0.6) is 11.5 Å². The van der Waals surface area contributed by atoms with E-state index in [1.807, 2.05) is 0 Å². The maximum absolute atomic E-state index is 13.4. The van der Waals surface area contributed by atoms with Crippen LogP contribution < -0.4 is 4.74 Å². The monoisotopic (exact) mass is 254 g/mol. The van der Waals surface area contributed by atoms with Crippen molar-refractivity contribution in [3.63, 3.8) is 0 Å². The molecule has 0 aliphatic heterocycles. The molecule has 0 N–H and O–H groups in total. The molecule has 0 bridgehead atoms. The fraction of sp³-hybridized carbons (Fsp3) is 0.0769. The Morgan fingerprint density at radius 3 is 2.59 bits per heavy atom. The van der Waals surface area contributed by atoms with Gasteiger partial charge in [-0.15, -0.1) is 11.6 Å². The number of hydrogen-bond donors (Lipinski definition) is 0. The molecule has 1 nitrogen and oxygen atoms in total. The predicted octanol–water partition coefficient (Wildman–Crippen LogP) is 4.50. The second kappa shape index (κ2) is 5.15. The Labute approximate surface area is 103 Å². The van der Waals surface area contributed by atoms with Crippen LogP contribution in [0.4, 0.5) is 8.78 Å². The Hall–Kier alpha value is -1.61. The summed E-state index contributed by atoms with van der Waals surface area (Å²) in [5, 5.41) is 0. The van der Waals surface area contributed by atoms with E-state index in [0.717, 1.165) is 5.56 Å². The van der Waals surface area contributed by atoms with E-state index in [2.05, 4.69) is 0 Å². The molecule has 0 aromatic heterocycles. The molecule has 2 aromatic carbocycles. The third kappa shape index (κ3) is 2.94. The van der Waals surface area contributed by atoms with Gasteiger partial charge in [-0.1, -0.05) is 12.1 Å². The quantitative estimate of drug-likeness (QED) is 0.733. The molecule has 0 amide bonds. The van der Waals surface area contributed by atoms with Crippen molar-refractivity contribution in [1.82, 2.24) is 0 Å². The first-order chi connectivity index (χ1) is 8.19. The lowest BCUT2D eigenvalue weighted by Gasteiger charge is -2.07. The third-order valence-corrected chi connectivity index (χ3v) is 2.48. The maximum Gasteiger partial charge on any atom is 0.165 e. The molecule has 17 heavy (non-hydrogen) atoms. The van der Waals surface area contributed by atoms with Gasteiger partial charge < -0.3 is 4.74 Å². The molecule has 0 radical (unpaired) electrons. The van der Waals surface area contributed by atoms with Crippen LogP contribution in [0.2, 0.25) is 0 Å². The van der Waals surface area contributed by atoms with Crippen LogP contribution in [0.25, 0.3) is 0 Å². The second-order valence-corrected chi connectivity index (χ2v) is 3.73. The Balaban J connectivity index is 2.29. The van der Waals surface area contributed by atoms with Crippen molar-refractivity contribution >= 4 is 11.6 Å². The minimum atomic E-state index is -0.511. The molecular formula is C13H9ClF2O. The topological polar surface area (TPSA) is 9.23 Å². The van der Waals surface area contributed by atoms with Gasteiger partial charge >= 0.3 is 0 Å². The number of rotatable bonds is 3. The van der Waals surface area contributed by atoms with Crippen molar-refractivity contribution < 1.29 is 13.5 Å². The molecule has 0 aliphatic rings. The Morgan fingerprint density at radius 2 is 1.88 bits per heavy atom. The first kappa shape index (κ1) is 11.9. The van der Waals surface area contributed by atoms with E-state index in [1.54, 1.807) is 12.1 Å². The van der Waals surface area contributed by atoms with Crippen LogP contribution in [0.3, 0.4) is 0 Å². The Bertz CT molecular complexity index is 529. The highest BCUT2D eigenvalue weighted by atomic mass is 35.5. The maximum atomic E-state index is 13.4. The van der Waals surface area contributed by atoms with E-state index in [4.69, 9.17) is 16.3 Å². The highest BCUT2D eigenvalue weighted by molar-refractivity contribution is 6.17. The van der Waals surface area contributed by atoms with Crippen molar-refractivity contribution in [3.8, 4) is 11.5 Å². The van der Waals surface area contributed by atoms with E-state index in [-0.39, 0.29) is 17.4 Å². The molecule has 0 spiro atoms. The summed E-state index contributed by atoms with van der Waals surface area (Å²) in [7, 11) is 0. The summed E-state index contributed by atoms with van der Waals surface area (Å²) in [6, 6.07) is 9.86. The average molecular weight is 255 g/mol. The fourth-order valence-corrected chi connectivity index (χ4v) is 1.53. The minimum Gasteiger partial charge on any atom is -0.454 e. The first-order valence-corrected chi connectivity index (χ1v) is 5.50. The molecule has 0 saturated carbocycles. The number of ether oxygens (including phenoxy) is 1. The minimum absolute atomic E-state index is 0.0359. The molecule has 88 valence electrons. The number of hydrogen-bond acceptors (Lipinski definition) is 1. The van der Waals surface area contributed by atoms with Crippen molar-refractivity contribution in [3.05, 3.63) is 59.7 Å². The van der Waals surface area contributed by atoms with Gasteiger partial charge in [0.15, 0.2) is 11.6 Å². The van der Waals surface area contributed by atoms with Gasteiger partial charge in [-0.3, -0.25) is 0 Å². The van der Waals surface area contributed by atoms with Gasteiger partial charge in [0.1, 0.15) is 11.6 Å². The van der Waals surface area contributed by atoms with Crippen molar-refractivity contribution in [2.24, 2.45) is 0 Å². The largest absolute Gasteiger partial charge is 0.454 e. The summed E-state index contributed by atoms with van der Waals surface area (Å²) in [5.74, 6) is -0.399. The lowest BCUT2D eigenvalue weighted by atomic mass is 10.2. The second-order valence-electron chi connectivity index (χ2n) is 3.46. The zero-order valence-electron chi connectivity index (χ0n) is 8.79. The standard InChI is InChI=1S/C13H9ClF2O/c14-8-9-4-5-12(16)13(6-9)17-11-3-1-2-10(15)7-11/h1-7H,8H2. The van der Waals surface area contributed by atoms with Crippen LogP contribution in [-0.2, 0) is 5.88 Å². The molecule has 0 fully saturated rings. The van der Waals surface area contributed by atoms with Crippen LogP contribution in [0.15, 0.2) is 42.5 Å². The zero-order chi connectivity index (χ0) is 12.3. The van der Waals surface area contributed by atoms with Gasteiger partial charge in [-0.2, -0.15) is 0 Å². The average Bonchev–Trinajstić information content (AvgIpc) is 2.32. The van der Waals surface area contributed by atoms with E-state index < -0.39 is 11.6 Å². The van der Waals surface area contributed by atoms with Crippen molar-refractivity contribution in [2.75, 3.05) is 0 Å². The van der Waals surface area contributed by atoms with Crippen LogP contribution >= 0.6 is 11.6 Å². The van der Waals surface area contributed by atoms with Gasteiger partial charge in [-0.25, -0.2) is 8.78 Å². The molecule has 2 aromatic rings. The summed E-state index contributed by atoms with van der Waals surface area (Å²) in [5.41, 5.74) is 0.736. The lowest BCUT2D eigenvalue weighted by molar-refractivity contribution is 0.438.